The number of hydrogen-bond donors (Lipinski definition) is 0. The third-order valence-corrected chi connectivity index (χ3v) is 7.06. The van der Waals surface area contributed by atoms with E-state index in [4.69, 9.17) is 9.72 Å². The summed E-state index contributed by atoms with van der Waals surface area (Å²) in [5, 5.41) is 3.32. The van der Waals surface area contributed by atoms with Gasteiger partial charge in [0.1, 0.15) is 5.75 Å². The first-order chi connectivity index (χ1) is 15.1. The number of amides is 1. The Bertz CT molecular complexity index is 1260. The highest BCUT2D eigenvalue weighted by Crippen LogP contribution is 2.32. The highest BCUT2D eigenvalue weighted by Gasteiger charge is 2.23. The number of fused-ring (bicyclic) bond motifs is 2. The maximum Gasteiger partial charge on any atom is 0.260 e. The molecule has 1 aromatic heterocycles. The van der Waals surface area contributed by atoms with Gasteiger partial charge >= 0.3 is 0 Å². The summed E-state index contributed by atoms with van der Waals surface area (Å²) in [5.74, 6) is 0.759. The molecule has 0 spiro atoms. The molecule has 1 aliphatic heterocycles. The van der Waals surface area contributed by atoms with Crippen LogP contribution in [0.4, 0.5) is 5.13 Å². The average molecular weight is 432 g/mol. The van der Waals surface area contributed by atoms with E-state index in [9.17, 15) is 4.79 Å². The molecule has 0 atom stereocenters. The van der Waals surface area contributed by atoms with Crippen molar-refractivity contribution in [2.75, 3.05) is 37.7 Å². The fourth-order valence-electron chi connectivity index (χ4n) is 4.14. The van der Waals surface area contributed by atoms with E-state index in [0.717, 1.165) is 40.3 Å². The minimum atomic E-state index is 0.0311. The molecular formula is C25H25N3O2S. The number of ether oxygens (including phenoxy) is 1. The number of piperazine rings is 1. The van der Waals surface area contributed by atoms with Gasteiger partial charge in [0.05, 0.1) is 10.2 Å². The quantitative estimate of drug-likeness (QED) is 0.466. The molecule has 31 heavy (non-hydrogen) atoms. The number of benzene rings is 3. The monoisotopic (exact) mass is 431 g/mol. The molecule has 0 bridgehead atoms. The van der Waals surface area contributed by atoms with E-state index in [1.807, 2.05) is 41.3 Å². The van der Waals surface area contributed by atoms with Crippen LogP contribution in [0.2, 0.25) is 0 Å². The third-order valence-electron chi connectivity index (χ3n) is 5.79. The molecule has 2 heterocycles. The van der Waals surface area contributed by atoms with Crippen molar-refractivity contribution in [2.24, 2.45) is 0 Å². The van der Waals surface area contributed by atoms with E-state index < -0.39 is 0 Å². The van der Waals surface area contributed by atoms with E-state index in [-0.39, 0.29) is 12.5 Å². The smallest absolute Gasteiger partial charge is 0.260 e. The first-order valence-electron chi connectivity index (χ1n) is 10.6. The Morgan fingerprint density at radius 1 is 1.00 bits per heavy atom. The molecule has 0 aliphatic carbocycles. The number of nitrogens with zero attached hydrogens (tertiary/aromatic N) is 3. The first kappa shape index (κ1) is 19.8. The lowest BCUT2D eigenvalue weighted by atomic mass is 10.1. The SMILES string of the molecule is Cc1cc(C)c2sc(N3CCN(C(=O)COc4ccc5ccccc5c4)CC3)nc2c1. The summed E-state index contributed by atoms with van der Waals surface area (Å²) in [5.41, 5.74) is 3.59. The van der Waals surface area contributed by atoms with Crippen LogP contribution in [-0.2, 0) is 4.79 Å². The van der Waals surface area contributed by atoms with Crippen molar-refractivity contribution in [3.63, 3.8) is 0 Å². The Morgan fingerprint density at radius 3 is 2.58 bits per heavy atom. The van der Waals surface area contributed by atoms with Crippen LogP contribution in [0.1, 0.15) is 11.1 Å². The fourth-order valence-corrected chi connectivity index (χ4v) is 5.21. The second-order valence-corrected chi connectivity index (χ2v) is 9.07. The lowest BCUT2D eigenvalue weighted by Crippen LogP contribution is -2.50. The van der Waals surface area contributed by atoms with Gasteiger partial charge in [0.2, 0.25) is 0 Å². The minimum absolute atomic E-state index is 0.0311. The number of carbonyl (C=O) groups excluding carboxylic acids is 1. The van der Waals surface area contributed by atoms with Crippen LogP contribution in [0.5, 0.6) is 5.75 Å². The lowest BCUT2D eigenvalue weighted by molar-refractivity contribution is -0.133. The molecular weight excluding hydrogens is 406 g/mol. The van der Waals surface area contributed by atoms with Crippen molar-refractivity contribution in [2.45, 2.75) is 13.8 Å². The van der Waals surface area contributed by atoms with Gasteiger partial charge in [0.15, 0.2) is 11.7 Å². The summed E-state index contributed by atoms with van der Waals surface area (Å²) in [4.78, 5) is 21.7. The van der Waals surface area contributed by atoms with Crippen molar-refractivity contribution >= 4 is 43.4 Å². The summed E-state index contributed by atoms with van der Waals surface area (Å²) in [6, 6.07) is 18.4. The largest absolute Gasteiger partial charge is 0.484 e. The Kier molecular flexibility index (Phi) is 5.24. The number of hydrogen-bond acceptors (Lipinski definition) is 5. The van der Waals surface area contributed by atoms with Crippen molar-refractivity contribution in [1.82, 2.24) is 9.88 Å². The predicted octanol–water partition coefficient (Wildman–Crippen LogP) is 4.79. The van der Waals surface area contributed by atoms with E-state index in [0.29, 0.717) is 13.1 Å². The zero-order valence-corrected chi connectivity index (χ0v) is 18.6. The molecule has 1 fully saturated rings. The van der Waals surface area contributed by atoms with Crippen LogP contribution in [-0.4, -0.2) is 48.6 Å². The van der Waals surface area contributed by atoms with Gasteiger partial charge in [-0.15, -0.1) is 0 Å². The Labute approximate surface area is 185 Å². The molecule has 5 nitrogen and oxygen atoms in total. The maximum atomic E-state index is 12.7. The number of thiazole rings is 1. The summed E-state index contributed by atoms with van der Waals surface area (Å²) in [7, 11) is 0. The third kappa shape index (κ3) is 4.08. The molecule has 3 aromatic carbocycles. The van der Waals surface area contributed by atoms with Gasteiger partial charge in [-0.2, -0.15) is 0 Å². The van der Waals surface area contributed by atoms with Crippen molar-refractivity contribution in [3.8, 4) is 5.75 Å². The first-order valence-corrected chi connectivity index (χ1v) is 11.4. The number of rotatable bonds is 4. The molecule has 0 N–H and O–H groups in total. The molecule has 0 radical (unpaired) electrons. The second kappa shape index (κ2) is 8.19. The highest BCUT2D eigenvalue weighted by atomic mass is 32.1. The van der Waals surface area contributed by atoms with Crippen LogP contribution in [0.3, 0.4) is 0 Å². The van der Waals surface area contributed by atoms with Gasteiger partial charge in [-0.1, -0.05) is 47.7 Å². The average Bonchev–Trinajstić information content (AvgIpc) is 3.22. The standard InChI is InChI=1S/C25H25N3O2S/c1-17-13-18(2)24-22(14-17)26-25(31-24)28-11-9-27(10-12-28)23(29)16-30-21-8-7-19-5-3-4-6-20(19)15-21/h3-8,13-15H,9-12,16H2,1-2H3. The maximum absolute atomic E-state index is 12.7. The highest BCUT2D eigenvalue weighted by molar-refractivity contribution is 7.22. The van der Waals surface area contributed by atoms with Gasteiger partial charge in [0, 0.05) is 26.2 Å². The molecule has 1 amide bonds. The summed E-state index contributed by atoms with van der Waals surface area (Å²) < 4.78 is 7.04. The van der Waals surface area contributed by atoms with Gasteiger partial charge in [-0.25, -0.2) is 4.98 Å². The lowest BCUT2D eigenvalue weighted by Gasteiger charge is -2.34. The molecule has 1 saturated heterocycles. The molecule has 5 rings (SSSR count). The van der Waals surface area contributed by atoms with E-state index in [1.165, 1.54) is 15.8 Å². The van der Waals surface area contributed by atoms with Gasteiger partial charge in [-0.05, 0) is 53.9 Å². The van der Waals surface area contributed by atoms with Gasteiger partial charge in [0.25, 0.3) is 5.91 Å². The Hall–Kier alpha value is -3.12. The second-order valence-electron chi connectivity index (χ2n) is 8.09. The molecule has 158 valence electrons. The van der Waals surface area contributed by atoms with Gasteiger partial charge < -0.3 is 14.5 Å². The number of aromatic nitrogens is 1. The van der Waals surface area contributed by atoms with E-state index >= 15 is 0 Å². The minimum Gasteiger partial charge on any atom is -0.484 e. The molecule has 4 aromatic rings. The van der Waals surface area contributed by atoms with Gasteiger partial charge in [-0.3, -0.25) is 4.79 Å². The zero-order valence-electron chi connectivity index (χ0n) is 17.8. The van der Waals surface area contributed by atoms with E-state index in [2.05, 4.69) is 36.9 Å². The normalized spacial score (nSPS) is 14.4. The van der Waals surface area contributed by atoms with Crippen molar-refractivity contribution in [1.29, 1.82) is 0 Å². The summed E-state index contributed by atoms with van der Waals surface area (Å²) in [6.07, 6.45) is 0. The van der Waals surface area contributed by atoms with E-state index in [1.54, 1.807) is 11.3 Å². The number of aryl methyl sites for hydroxylation is 2. The summed E-state index contributed by atoms with van der Waals surface area (Å²) >= 11 is 1.74. The summed E-state index contributed by atoms with van der Waals surface area (Å²) in [6.45, 7) is 7.28. The Balaban J connectivity index is 1.19. The number of anilines is 1. The van der Waals surface area contributed by atoms with Crippen LogP contribution >= 0.6 is 11.3 Å². The van der Waals surface area contributed by atoms with Crippen LogP contribution < -0.4 is 9.64 Å². The molecule has 1 aliphatic rings. The fraction of sp³-hybridized carbons (Fsp3) is 0.280. The molecule has 6 heteroatoms. The van der Waals surface area contributed by atoms with Crippen LogP contribution in [0.15, 0.2) is 54.6 Å². The molecule has 0 unspecified atom stereocenters. The molecule has 0 saturated carbocycles. The van der Waals surface area contributed by atoms with Crippen molar-refractivity contribution < 1.29 is 9.53 Å². The van der Waals surface area contributed by atoms with Crippen LogP contribution in [0.25, 0.3) is 21.0 Å². The zero-order chi connectivity index (χ0) is 21.4. The Morgan fingerprint density at radius 2 is 1.77 bits per heavy atom. The number of carbonyl (C=O) groups is 1. The predicted molar refractivity (Wildman–Crippen MR) is 127 cm³/mol. The van der Waals surface area contributed by atoms with Crippen LogP contribution in [0, 0.1) is 13.8 Å². The topological polar surface area (TPSA) is 45.7 Å². The van der Waals surface area contributed by atoms with Crippen molar-refractivity contribution in [3.05, 3.63) is 65.7 Å².